The van der Waals surface area contributed by atoms with Crippen molar-refractivity contribution < 1.29 is 9.50 Å². The molecule has 6 heteroatoms. The molecule has 0 radical (unpaired) electrons. The van der Waals surface area contributed by atoms with E-state index in [0.29, 0.717) is 19.3 Å². The second-order valence-corrected chi connectivity index (χ2v) is 4.02. The number of hydrogen-bond donors (Lipinski definition) is 2. The van der Waals surface area contributed by atoms with Crippen LogP contribution in [0.4, 0.5) is 4.39 Å². The summed E-state index contributed by atoms with van der Waals surface area (Å²) in [7, 11) is 0. The lowest BCUT2D eigenvalue weighted by molar-refractivity contribution is 0.202. The minimum Gasteiger partial charge on any atom is -0.492 e. The summed E-state index contributed by atoms with van der Waals surface area (Å²) in [5, 5.41) is 9.66. The molecule has 2 N–H and O–H groups in total. The zero-order valence-corrected chi connectivity index (χ0v) is 10.2. The van der Waals surface area contributed by atoms with Gasteiger partial charge >= 0.3 is 5.69 Å². The Kier molecular flexibility index (Phi) is 3.75. The van der Waals surface area contributed by atoms with Gasteiger partial charge in [0.25, 0.3) is 5.56 Å². The second kappa shape index (κ2) is 4.73. The third-order valence-electron chi connectivity index (χ3n) is 3.48. The molecule has 17 heavy (non-hydrogen) atoms. The molecule has 0 aliphatic carbocycles. The van der Waals surface area contributed by atoms with E-state index in [4.69, 9.17) is 0 Å². The van der Waals surface area contributed by atoms with Gasteiger partial charge in [0.05, 0.1) is 5.54 Å². The first kappa shape index (κ1) is 13.5. The normalized spacial score (nSPS) is 11.8. The fraction of sp³-hybridized carbons (Fsp3) is 0.636. The second-order valence-electron chi connectivity index (χ2n) is 4.02. The predicted octanol–water partition coefficient (Wildman–Crippen LogP) is 1.31. The molecule has 0 atom stereocenters. The summed E-state index contributed by atoms with van der Waals surface area (Å²) in [6.07, 6.45) is 1.66. The van der Waals surface area contributed by atoms with E-state index in [2.05, 4.69) is 0 Å². The highest BCUT2D eigenvalue weighted by Crippen LogP contribution is 2.31. The van der Waals surface area contributed by atoms with Crippen LogP contribution in [-0.2, 0) is 5.54 Å². The van der Waals surface area contributed by atoms with Crippen molar-refractivity contribution in [3.8, 4) is 5.88 Å². The molecule has 0 aliphatic rings. The Labute approximate surface area is 97.9 Å². The Balaban J connectivity index is 3.66. The highest BCUT2D eigenvalue weighted by molar-refractivity contribution is 5.13. The Morgan fingerprint density at radius 2 is 1.71 bits per heavy atom. The van der Waals surface area contributed by atoms with Crippen molar-refractivity contribution in [2.75, 3.05) is 0 Å². The minimum atomic E-state index is -1.32. The van der Waals surface area contributed by atoms with Crippen LogP contribution >= 0.6 is 0 Å². The molecule has 0 unspecified atom stereocenters. The van der Waals surface area contributed by atoms with Gasteiger partial charge in [0, 0.05) is 0 Å². The summed E-state index contributed by atoms with van der Waals surface area (Å²) in [5.74, 6) is -2.20. The molecule has 1 rings (SSSR count). The van der Waals surface area contributed by atoms with Crippen molar-refractivity contribution in [2.45, 2.75) is 45.6 Å². The van der Waals surface area contributed by atoms with Gasteiger partial charge in [0.1, 0.15) is 0 Å². The fourth-order valence-corrected chi connectivity index (χ4v) is 2.17. The van der Waals surface area contributed by atoms with E-state index < -0.39 is 28.5 Å². The third-order valence-corrected chi connectivity index (χ3v) is 3.48. The van der Waals surface area contributed by atoms with Crippen molar-refractivity contribution in [3.05, 3.63) is 26.7 Å². The minimum absolute atomic E-state index is 0.555. The first-order valence-corrected chi connectivity index (χ1v) is 5.67. The van der Waals surface area contributed by atoms with Gasteiger partial charge in [-0.1, -0.05) is 20.8 Å². The number of aromatic hydroxyl groups is 1. The van der Waals surface area contributed by atoms with Gasteiger partial charge in [-0.05, 0) is 19.3 Å². The van der Waals surface area contributed by atoms with Crippen molar-refractivity contribution >= 4 is 0 Å². The number of nitrogens with zero attached hydrogens (tertiary/aromatic N) is 1. The van der Waals surface area contributed by atoms with Gasteiger partial charge < -0.3 is 5.11 Å². The Morgan fingerprint density at radius 1 is 1.24 bits per heavy atom. The fourth-order valence-electron chi connectivity index (χ4n) is 2.17. The van der Waals surface area contributed by atoms with Crippen LogP contribution in [0.3, 0.4) is 0 Å². The summed E-state index contributed by atoms with van der Waals surface area (Å²) in [6, 6.07) is 0. The molecule has 1 aromatic rings. The number of nitrogens with one attached hydrogen (secondary N) is 1. The molecule has 0 fully saturated rings. The first-order valence-electron chi connectivity index (χ1n) is 5.67. The van der Waals surface area contributed by atoms with Crippen LogP contribution in [0.5, 0.6) is 5.88 Å². The SMILES string of the molecule is CCC(CC)(CC)n1c(O)c(F)c(=O)[nH]c1=O. The molecule has 0 bridgehead atoms. The molecule has 96 valence electrons. The Morgan fingerprint density at radius 3 is 2.12 bits per heavy atom. The van der Waals surface area contributed by atoms with E-state index in [9.17, 15) is 19.1 Å². The zero-order chi connectivity index (χ0) is 13.2. The van der Waals surface area contributed by atoms with Crippen LogP contribution in [0, 0.1) is 5.82 Å². The molecule has 0 spiro atoms. The topological polar surface area (TPSA) is 75.1 Å². The zero-order valence-electron chi connectivity index (χ0n) is 10.2. The number of hydrogen-bond acceptors (Lipinski definition) is 3. The van der Waals surface area contributed by atoms with Gasteiger partial charge in [-0.25, -0.2) is 4.79 Å². The predicted molar refractivity (Wildman–Crippen MR) is 61.8 cm³/mol. The molecular weight excluding hydrogens is 227 g/mol. The Bertz CT molecular complexity index is 506. The summed E-state index contributed by atoms with van der Waals surface area (Å²) in [4.78, 5) is 24.6. The quantitative estimate of drug-likeness (QED) is 0.838. The molecule has 0 amide bonds. The van der Waals surface area contributed by atoms with Crippen molar-refractivity contribution in [1.82, 2.24) is 9.55 Å². The number of aromatic amines is 1. The maximum absolute atomic E-state index is 13.4. The average molecular weight is 244 g/mol. The summed E-state index contributed by atoms with van der Waals surface area (Å²) in [6.45, 7) is 5.55. The molecule has 1 aromatic heterocycles. The van der Waals surface area contributed by atoms with E-state index in [-0.39, 0.29) is 0 Å². The van der Waals surface area contributed by atoms with Crippen LogP contribution in [-0.4, -0.2) is 14.7 Å². The van der Waals surface area contributed by atoms with Crippen LogP contribution in [0.1, 0.15) is 40.0 Å². The maximum Gasteiger partial charge on any atom is 0.331 e. The van der Waals surface area contributed by atoms with E-state index in [1.165, 1.54) is 0 Å². The van der Waals surface area contributed by atoms with E-state index in [1.807, 2.05) is 25.8 Å². The lowest BCUT2D eigenvalue weighted by Crippen LogP contribution is -2.44. The number of H-pyrrole nitrogens is 1. The molecule has 0 saturated carbocycles. The van der Waals surface area contributed by atoms with Gasteiger partial charge in [0.2, 0.25) is 11.7 Å². The van der Waals surface area contributed by atoms with Gasteiger partial charge in [-0.3, -0.25) is 14.3 Å². The maximum atomic E-state index is 13.4. The Hall–Kier alpha value is -1.59. The average Bonchev–Trinajstić information content (AvgIpc) is 2.32. The van der Waals surface area contributed by atoms with Crippen molar-refractivity contribution in [3.63, 3.8) is 0 Å². The van der Waals surface area contributed by atoms with Gasteiger partial charge in [-0.2, -0.15) is 4.39 Å². The largest absolute Gasteiger partial charge is 0.492 e. The van der Waals surface area contributed by atoms with Crippen LogP contribution in [0.15, 0.2) is 9.59 Å². The number of halogens is 1. The number of aromatic nitrogens is 2. The smallest absolute Gasteiger partial charge is 0.331 e. The lowest BCUT2D eigenvalue weighted by atomic mass is 9.89. The lowest BCUT2D eigenvalue weighted by Gasteiger charge is -2.33. The molecule has 0 saturated heterocycles. The van der Waals surface area contributed by atoms with E-state index in [1.54, 1.807) is 0 Å². The highest BCUT2D eigenvalue weighted by atomic mass is 19.1. The molecule has 5 nitrogen and oxygen atoms in total. The first-order chi connectivity index (χ1) is 7.93. The molecule has 0 aliphatic heterocycles. The van der Waals surface area contributed by atoms with Gasteiger partial charge in [-0.15, -0.1) is 0 Å². The molecular formula is C11H17FN2O3. The summed E-state index contributed by atoms with van der Waals surface area (Å²) < 4.78 is 14.3. The van der Waals surface area contributed by atoms with E-state index in [0.717, 1.165) is 4.57 Å². The van der Waals surface area contributed by atoms with Gasteiger partial charge in [0.15, 0.2) is 0 Å². The van der Waals surface area contributed by atoms with Crippen LogP contribution < -0.4 is 11.2 Å². The van der Waals surface area contributed by atoms with Crippen molar-refractivity contribution in [1.29, 1.82) is 0 Å². The highest BCUT2D eigenvalue weighted by Gasteiger charge is 2.31. The summed E-state index contributed by atoms with van der Waals surface area (Å²) in [5.41, 5.74) is -2.65. The van der Waals surface area contributed by atoms with Crippen LogP contribution in [0.2, 0.25) is 0 Å². The molecule has 0 aromatic carbocycles. The van der Waals surface area contributed by atoms with E-state index >= 15 is 0 Å². The van der Waals surface area contributed by atoms with Crippen LogP contribution in [0.25, 0.3) is 0 Å². The third kappa shape index (κ3) is 1.99. The standard InChI is InChI=1S/C11H17FN2O3/c1-4-11(5-2,6-3)14-9(16)7(12)8(15)13-10(14)17/h16H,4-6H2,1-3H3,(H,13,15,17). The summed E-state index contributed by atoms with van der Waals surface area (Å²) >= 11 is 0. The number of rotatable bonds is 4. The monoisotopic (exact) mass is 244 g/mol. The molecule has 1 heterocycles. The van der Waals surface area contributed by atoms with Crippen molar-refractivity contribution in [2.24, 2.45) is 0 Å².